The molecule has 1 amide bonds. The molecule has 0 spiro atoms. The number of nitrogens with zero attached hydrogens (tertiary/aromatic N) is 1. The molecule has 0 fully saturated rings. The van der Waals surface area contributed by atoms with Gasteiger partial charge in [-0.2, -0.15) is 0 Å². The van der Waals surface area contributed by atoms with Crippen LogP contribution in [0.5, 0.6) is 0 Å². The minimum Gasteiger partial charge on any atom is -0.480 e. The zero-order valence-electron chi connectivity index (χ0n) is 12.3. The van der Waals surface area contributed by atoms with Gasteiger partial charge in [-0.3, -0.25) is 9.69 Å². The first-order chi connectivity index (χ1) is 11.0. The molecule has 0 radical (unpaired) electrons. The van der Waals surface area contributed by atoms with Crippen LogP contribution in [0.25, 0.3) is 0 Å². The van der Waals surface area contributed by atoms with Crippen LogP contribution >= 0.6 is 15.9 Å². The lowest BCUT2D eigenvalue weighted by molar-refractivity contribution is -0.138. The first kappa shape index (κ1) is 17.0. The number of carboxylic acids is 1. The molecule has 6 heteroatoms. The second-order valence-corrected chi connectivity index (χ2v) is 5.84. The molecule has 5 nitrogen and oxygen atoms in total. The average molecular weight is 378 g/mol. The van der Waals surface area contributed by atoms with Crippen LogP contribution in [0.15, 0.2) is 59.1 Å². The number of benzene rings is 2. The molecule has 0 heterocycles. The Labute approximate surface area is 142 Å². The van der Waals surface area contributed by atoms with Crippen LogP contribution in [0.2, 0.25) is 0 Å². The maximum absolute atomic E-state index is 12.2. The van der Waals surface area contributed by atoms with Crippen LogP contribution in [-0.4, -0.2) is 28.6 Å². The van der Waals surface area contributed by atoms with Crippen molar-refractivity contribution in [2.75, 3.05) is 6.54 Å². The van der Waals surface area contributed by atoms with Crippen LogP contribution < -0.4 is 0 Å². The quantitative estimate of drug-likeness (QED) is 0.833. The number of hydrogen-bond acceptors (Lipinski definition) is 3. The predicted molar refractivity (Wildman–Crippen MR) is 88.8 cm³/mol. The summed E-state index contributed by atoms with van der Waals surface area (Å²) in [5, 5.41) is 8.99. The maximum Gasteiger partial charge on any atom is 0.410 e. The molecule has 0 atom stereocenters. The summed E-state index contributed by atoms with van der Waals surface area (Å²) in [4.78, 5) is 24.3. The first-order valence-corrected chi connectivity index (χ1v) is 7.76. The smallest absolute Gasteiger partial charge is 0.410 e. The fourth-order valence-corrected chi connectivity index (χ4v) is 2.46. The highest BCUT2D eigenvalue weighted by Gasteiger charge is 2.18. The lowest BCUT2D eigenvalue weighted by Gasteiger charge is -2.20. The van der Waals surface area contributed by atoms with Crippen LogP contribution in [0, 0.1) is 0 Å². The lowest BCUT2D eigenvalue weighted by Crippen LogP contribution is -2.35. The first-order valence-electron chi connectivity index (χ1n) is 6.96. The van der Waals surface area contributed by atoms with Crippen molar-refractivity contribution < 1.29 is 19.4 Å². The van der Waals surface area contributed by atoms with Gasteiger partial charge in [0.15, 0.2) is 0 Å². The van der Waals surface area contributed by atoms with Crippen molar-refractivity contribution in [3.63, 3.8) is 0 Å². The van der Waals surface area contributed by atoms with Gasteiger partial charge in [0.2, 0.25) is 0 Å². The van der Waals surface area contributed by atoms with Crippen molar-refractivity contribution in [3.8, 4) is 0 Å². The van der Waals surface area contributed by atoms with E-state index in [2.05, 4.69) is 15.9 Å². The lowest BCUT2D eigenvalue weighted by atomic mass is 10.2. The minimum absolute atomic E-state index is 0.105. The van der Waals surface area contributed by atoms with Crippen molar-refractivity contribution in [1.29, 1.82) is 0 Å². The second-order valence-electron chi connectivity index (χ2n) is 4.92. The van der Waals surface area contributed by atoms with Gasteiger partial charge in [-0.05, 0) is 23.3 Å². The SMILES string of the molecule is O=C(O)CN(Cc1cccc(Br)c1)C(=O)OCc1ccccc1. The van der Waals surface area contributed by atoms with Gasteiger partial charge >= 0.3 is 12.1 Å². The van der Waals surface area contributed by atoms with E-state index in [0.717, 1.165) is 20.5 Å². The Kier molecular flexibility index (Phi) is 6.17. The molecular formula is C17H16BrNO4. The normalized spacial score (nSPS) is 10.1. The van der Waals surface area contributed by atoms with E-state index in [9.17, 15) is 9.59 Å². The van der Waals surface area contributed by atoms with E-state index in [4.69, 9.17) is 9.84 Å². The predicted octanol–water partition coefficient (Wildman–Crippen LogP) is 3.67. The summed E-state index contributed by atoms with van der Waals surface area (Å²) in [5.74, 6) is -1.09. The van der Waals surface area contributed by atoms with Crippen molar-refractivity contribution in [2.24, 2.45) is 0 Å². The minimum atomic E-state index is -1.09. The topological polar surface area (TPSA) is 66.8 Å². The molecule has 120 valence electrons. The van der Waals surface area contributed by atoms with E-state index >= 15 is 0 Å². The van der Waals surface area contributed by atoms with E-state index in [-0.39, 0.29) is 13.2 Å². The zero-order valence-corrected chi connectivity index (χ0v) is 13.9. The molecule has 0 saturated carbocycles. The van der Waals surface area contributed by atoms with E-state index in [0.29, 0.717) is 0 Å². The second kappa shape index (κ2) is 8.33. The highest BCUT2D eigenvalue weighted by Crippen LogP contribution is 2.14. The summed E-state index contributed by atoms with van der Waals surface area (Å²) >= 11 is 3.35. The summed E-state index contributed by atoms with van der Waals surface area (Å²) < 4.78 is 6.07. The van der Waals surface area contributed by atoms with E-state index in [1.54, 1.807) is 0 Å². The summed E-state index contributed by atoms with van der Waals surface area (Å²) in [6.07, 6.45) is -0.656. The third-order valence-electron chi connectivity index (χ3n) is 3.05. The van der Waals surface area contributed by atoms with Crippen LogP contribution in [0.3, 0.4) is 0 Å². The van der Waals surface area contributed by atoms with E-state index in [1.165, 1.54) is 0 Å². The average Bonchev–Trinajstić information content (AvgIpc) is 2.52. The Bertz CT molecular complexity index is 675. The molecule has 2 aromatic carbocycles. The van der Waals surface area contributed by atoms with Crippen molar-refractivity contribution in [2.45, 2.75) is 13.2 Å². The highest BCUT2D eigenvalue weighted by molar-refractivity contribution is 9.10. The van der Waals surface area contributed by atoms with Gasteiger partial charge in [0, 0.05) is 11.0 Å². The van der Waals surface area contributed by atoms with Crippen LogP contribution in [-0.2, 0) is 22.7 Å². The van der Waals surface area contributed by atoms with Gasteiger partial charge in [-0.25, -0.2) is 4.79 Å². The molecule has 0 aliphatic heterocycles. The monoisotopic (exact) mass is 377 g/mol. The summed E-state index contributed by atoms with van der Waals surface area (Å²) in [5.41, 5.74) is 1.66. The number of hydrogen-bond donors (Lipinski definition) is 1. The van der Waals surface area contributed by atoms with Crippen molar-refractivity contribution in [1.82, 2.24) is 4.90 Å². The fraction of sp³-hybridized carbons (Fsp3) is 0.176. The molecular weight excluding hydrogens is 362 g/mol. The number of amides is 1. The summed E-state index contributed by atoms with van der Waals surface area (Å²) in [6, 6.07) is 16.6. The number of rotatable bonds is 6. The van der Waals surface area contributed by atoms with Crippen LogP contribution in [0.4, 0.5) is 4.79 Å². The molecule has 0 bridgehead atoms. The van der Waals surface area contributed by atoms with Crippen LogP contribution in [0.1, 0.15) is 11.1 Å². The van der Waals surface area contributed by atoms with Crippen molar-refractivity contribution >= 4 is 28.0 Å². The van der Waals surface area contributed by atoms with E-state index < -0.39 is 18.6 Å². The zero-order chi connectivity index (χ0) is 16.7. The molecule has 1 N–H and O–H groups in total. The molecule has 2 aromatic rings. The van der Waals surface area contributed by atoms with Gasteiger partial charge in [-0.1, -0.05) is 58.4 Å². The molecule has 23 heavy (non-hydrogen) atoms. The molecule has 0 aliphatic carbocycles. The summed E-state index contributed by atoms with van der Waals surface area (Å²) in [7, 11) is 0. The number of aliphatic carboxylic acids is 1. The fourth-order valence-electron chi connectivity index (χ4n) is 2.01. The molecule has 0 aromatic heterocycles. The standard InChI is InChI=1S/C17H16BrNO4/c18-15-8-4-7-14(9-15)10-19(11-16(20)21)17(22)23-12-13-5-2-1-3-6-13/h1-9H,10-12H2,(H,20,21). The van der Waals surface area contributed by atoms with Gasteiger partial charge in [0.05, 0.1) is 0 Å². The number of carboxylic acid groups (broad SMARTS) is 1. The third kappa shape index (κ3) is 5.75. The van der Waals surface area contributed by atoms with Gasteiger partial charge in [0.25, 0.3) is 0 Å². The Balaban J connectivity index is 2.01. The Hall–Kier alpha value is -2.34. The molecule has 0 saturated heterocycles. The van der Waals surface area contributed by atoms with Gasteiger partial charge in [0.1, 0.15) is 13.2 Å². The highest BCUT2D eigenvalue weighted by atomic mass is 79.9. The maximum atomic E-state index is 12.2. The Morgan fingerprint density at radius 2 is 1.74 bits per heavy atom. The Morgan fingerprint density at radius 3 is 2.39 bits per heavy atom. The van der Waals surface area contributed by atoms with Crippen molar-refractivity contribution in [3.05, 3.63) is 70.2 Å². The third-order valence-corrected chi connectivity index (χ3v) is 3.55. The largest absolute Gasteiger partial charge is 0.480 e. The number of carbonyl (C=O) groups excluding carboxylic acids is 1. The van der Waals surface area contributed by atoms with Gasteiger partial charge in [-0.15, -0.1) is 0 Å². The molecule has 0 aliphatic rings. The number of ether oxygens (including phenoxy) is 1. The molecule has 2 rings (SSSR count). The van der Waals surface area contributed by atoms with Gasteiger partial charge < -0.3 is 9.84 Å². The number of halogens is 1. The molecule has 0 unspecified atom stereocenters. The Morgan fingerprint density at radius 1 is 1.04 bits per heavy atom. The number of carbonyl (C=O) groups is 2. The summed E-state index contributed by atoms with van der Waals surface area (Å²) in [6.45, 7) is -0.145. The van der Waals surface area contributed by atoms with E-state index in [1.807, 2.05) is 54.6 Å².